The van der Waals surface area contributed by atoms with E-state index in [9.17, 15) is 18.4 Å². The summed E-state index contributed by atoms with van der Waals surface area (Å²) in [6.45, 7) is -2.68. The van der Waals surface area contributed by atoms with Gasteiger partial charge in [-0.3, -0.25) is 14.2 Å². The van der Waals surface area contributed by atoms with Crippen LogP contribution in [-0.4, -0.2) is 34.5 Å². The Morgan fingerprint density at radius 2 is 1.82 bits per heavy atom. The third-order valence-electron chi connectivity index (χ3n) is 4.31. The van der Waals surface area contributed by atoms with Gasteiger partial charge in [-0.15, -0.1) is 0 Å². The van der Waals surface area contributed by atoms with E-state index in [1.165, 1.54) is 12.4 Å². The summed E-state index contributed by atoms with van der Waals surface area (Å²) in [5, 5.41) is 7.21. The van der Waals surface area contributed by atoms with Gasteiger partial charge in [-0.25, -0.2) is 4.98 Å². The fraction of sp³-hybridized carbons (Fsp3) is 0.250. The standard InChI is InChI=1S/C20H20F2N4O2/c21-20(22)26-11-10-23-17(26)8-9-24-19(28)13-25-18(27)12-15-6-3-5-14-4-1-2-7-16(14)15/h1-7,10-11,20H,8-9,12-13H2,(H,24,28)(H,25,27). The van der Waals surface area contributed by atoms with Crippen molar-refractivity contribution in [3.8, 4) is 0 Å². The van der Waals surface area contributed by atoms with Crippen molar-refractivity contribution in [1.29, 1.82) is 0 Å². The largest absolute Gasteiger partial charge is 0.354 e. The zero-order valence-corrected chi connectivity index (χ0v) is 15.1. The van der Waals surface area contributed by atoms with Crippen LogP contribution >= 0.6 is 0 Å². The normalized spacial score (nSPS) is 11.0. The number of hydrogen-bond acceptors (Lipinski definition) is 3. The van der Waals surface area contributed by atoms with Gasteiger partial charge in [0.15, 0.2) is 0 Å². The first-order valence-corrected chi connectivity index (χ1v) is 8.84. The lowest BCUT2D eigenvalue weighted by molar-refractivity contribution is -0.125. The Kier molecular flexibility index (Phi) is 6.31. The number of halogens is 2. The van der Waals surface area contributed by atoms with E-state index in [1.54, 1.807) is 0 Å². The molecule has 0 fully saturated rings. The summed E-state index contributed by atoms with van der Waals surface area (Å²) in [4.78, 5) is 27.9. The van der Waals surface area contributed by atoms with E-state index in [-0.39, 0.29) is 43.6 Å². The fourth-order valence-electron chi connectivity index (χ4n) is 2.95. The van der Waals surface area contributed by atoms with E-state index in [2.05, 4.69) is 15.6 Å². The molecule has 0 radical (unpaired) electrons. The van der Waals surface area contributed by atoms with Gasteiger partial charge in [-0.1, -0.05) is 42.5 Å². The number of aromatic nitrogens is 2. The molecule has 0 atom stereocenters. The molecule has 28 heavy (non-hydrogen) atoms. The average Bonchev–Trinajstić information content (AvgIpc) is 3.16. The number of nitrogens with zero attached hydrogens (tertiary/aromatic N) is 2. The second kappa shape index (κ2) is 9.07. The highest BCUT2D eigenvalue weighted by Crippen LogP contribution is 2.18. The quantitative estimate of drug-likeness (QED) is 0.624. The van der Waals surface area contributed by atoms with Crippen LogP contribution in [0.1, 0.15) is 17.9 Å². The number of imidazole rings is 1. The first kappa shape index (κ1) is 19.5. The van der Waals surface area contributed by atoms with Crippen LogP contribution in [0, 0.1) is 0 Å². The van der Waals surface area contributed by atoms with Crippen LogP contribution in [0.25, 0.3) is 10.8 Å². The predicted octanol–water partition coefficient (Wildman–Crippen LogP) is 2.45. The highest BCUT2D eigenvalue weighted by molar-refractivity contribution is 5.91. The van der Waals surface area contributed by atoms with Crippen LogP contribution in [0.5, 0.6) is 0 Å². The van der Waals surface area contributed by atoms with Gasteiger partial charge in [-0.05, 0) is 16.3 Å². The number of carbonyl (C=O) groups excluding carboxylic acids is 2. The van der Waals surface area contributed by atoms with Gasteiger partial charge >= 0.3 is 6.55 Å². The number of fused-ring (bicyclic) bond motifs is 1. The molecule has 8 heteroatoms. The highest BCUT2D eigenvalue weighted by Gasteiger charge is 2.12. The topological polar surface area (TPSA) is 76.0 Å². The van der Waals surface area contributed by atoms with Gasteiger partial charge in [0.05, 0.1) is 13.0 Å². The maximum Gasteiger partial charge on any atom is 0.319 e. The molecule has 2 aromatic carbocycles. The van der Waals surface area contributed by atoms with Crippen molar-refractivity contribution in [3.05, 3.63) is 66.2 Å². The monoisotopic (exact) mass is 386 g/mol. The SMILES string of the molecule is O=C(CNC(=O)Cc1cccc2ccccc12)NCCc1nccn1C(F)F. The zero-order chi connectivity index (χ0) is 19.9. The summed E-state index contributed by atoms with van der Waals surface area (Å²) in [6.07, 6.45) is 2.82. The predicted molar refractivity (Wildman–Crippen MR) is 101 cm³/mol. The first-order valence-electron chi connectivity index (χ1n) is 8.84. The molecule has 146 valence electrons. The van der Waals surface area contributed by atoms with Crippen LogP contribution in [-0.2, 0) is 22.4 Å². The summed E-state index contributed by atoms with van der Waals surface area (Å²) in [6, 6.07) is 13.5. The lowest BCUT2D eigenvalue weighted by atomic mass is 10.0. The molecule has 2 amide bonds. The van der Waals surface area contributed by atoms with E-state index in [0.29, 0.717) is 0 Å². The number of rotatable bonds is 8. The number of hydrogen-bond donors (Lipinski definition) is 2. The molecule has 0 aliphatic rings. The molecular formula is C20H20F2N4O2. The Bertz CT molecular complexity index is 966. The van der Waals surface area contributed by atoms with Gasteiger partial charge in [0, 0.05) is 25.4 Å². The van der Waals surface area contributed by atoms with Gasteiger partial charge < -0.3 is 10.6 Å². The van der Waals surface area contributed by atoms with Crippen LogP contribution in [0.3, 0.4) is 0 Å². The van der Waals surface area contributed by atoms with Gasteiger partial charge in [0.1, 0.15) is 5.82 Å². The van der Waals surface area contributed by atoms with E-state index >= 15 is 0 Å². The molecule has 0 aliphatic heterocycles. The molecule has 1 aromatic heterocycles. The smallest absolute Gasteiger partial charge is 0.319 e. The lowest BCUT2D eigenvalue weighted by Gasteiger charge is -2.09. The first-order chi connectivity index (χ1) is 13.5. The summed E-state index contributed by atoms with van der Waals surface area (Å²) in [5.41, 5.74) is 0.884. The Morgan fingerprint density at radius 3 is 2.64 bits per heavy atom. The number of nitrogens with one attached hydrogen (secondary N) is 2. The van der Waals surface area contributed by atoms with E-state index in [0.717, 1.165) is 20.9 Å². The third kappa shape index (κ3) is 4.91. The maximum atomic E-state index is 12.7. The Balaban J connectivity index is 1.44. The second-order valence-corrected chi connectivity index (χ2v) is 6.22. The van der Waals surface area contributed by atoms with Crippen molar-refractivity contribution in [2.24, 2.45) is 0 Å². The highest BCUT2D eigenvalue weighted by atomic mass is 19.3. The second-order valence-electron chi connectivity index (χ2n) is 6.22. The minimum atomic E-state index is -2.67. The van der Waals surface area contributed by atoms with Crippen LogP contribution in [0.2, 0.25) is 0 Å². The van der Waals surface area contributed by atoms with Crippen molar-refractivity contribution in [2.75, 3.05) is 13.1 Å². The van der Waals surface area contributed by atoms with Crippen molar-refractivity contribution in [1.82, 2.24) is 20.2 Å². The van der Waals surface area contributed by atoms with Crippen LogP contribution in [0.4, 0.5) is 8.78 Å². The molecule has 2 N–H and O–H groups in total. The van der Waals surface area contributed by atoms with Crippen LogP contribution in [0.15, 0.2) is 54.9 Å². The Labute approximate surface area is 160 Å². The molecular weight excluding hydrogens is 366 g/mol. The van der Waals surface area contributed by atoms with Gasteiger partial charge in [-0.2, -0.15) is 8.78 Å². The number of alkyl halides is 2. The molecule has 1 heterocycles. The molecule has 0 spiro atoms. The molecule has 0 saturated heterocycles. The van der Waals surface area contributed by atoms with Crippen molar-refractivity contribution in [2.45, 2.75) is 19.4 Å². The van der Waals surface area contributed by atoms with Gasteiger partial charge in [0.25, 0.3) is 0 Å². The van der Waals surface area contributed by atoms with Crippen LogP contribution < -0.4 is 10.6 Å². The number of amides is 2. The van der Waals surface area contributed by atoms with Gasteiger partial charge in [0.2, 0.25) is 11.8 Å². The summed E-state index contributed by atoms with van der Waals surface area (Å²) in [5.74, 6) is -0.462. The number of carbonyl (C=O) groups is 2. The fourth-order valence-corrected chi connectivity index (χ4v) is 2.95. The summed E-state index contributed by atoms with van der Waals surface area (Å²) in [7, 11) is 0. The zero-order valence-electron chi connectivity index (χ0n) is 15.1. The Morgan fingerprint density at radius 1 is 1.04 bits per heavy atom. The minimum absolute atomic E-state index is 0.155. The van der Waals surface area contributed by atoms with E-state index in [1.807, 2.05) is 42.5 Å². The minimum Gasteiger partial charge on any atom is -0.354 e. The summed E-state index contributed by atoms with van der Waals surface area (Å²) < 4.78 is 26.2. The molecule has 6 nitrogen and oxygen atoms in total. The van der Waals surface area contributed by atoms with Crippen molar-refractivity contribution in [3.63, 3.8) is 0 Å². The van der Waals surface area contributed by atoms with Crippen molar-refractivity contribution >= 4 is 22.6 Å². The Hall–Kier alpha value is -3.29. The van der Waals surface area contributed by atoms with E-state index < -0.39 is 6.55 Å². The molecule has 3 aromatic rings. The summed E-state index contributed by atoms with van der Waals surface area (Å²) >= 11 is 0. The molecule has 0 unspecified atom stereocenters. The average molecular weight is 386 g/mol. The maximum absolute atomic E-state index is 12.7. The third-order valence-corrected chi connectivity index (χ3v) is 4.31. The molecule has 0 bridgehead atoms. The lowest BCUT2D eigenvalue weighted by Crippen LogP contribution is -2.38. The molecule has 0 saturated carbocycles. The molecule has 3 rings (SSSR count). The van der Waals surface area contributed by atoms with Crippen molar-refractivity contribution < 1.29 is 18.4 Å². The molecule has 0 aliphatic carbocycles. The van der Waals surface area contributed by atoms with E-state index in [4.69, 9.17) is 0 Å². The number of benzene rings is 2.